The van der Waals surface area contributed by atoms with Crippen molar-refractivity contribution in [3.63, 3.8) is 0 Å². The third kappa shape index (κ3) is 5.19. The number of benzene rings is 3. The summed E-state index contributed by atoms with van der Waals surface area (Å²) in [5.74, 6) is -0.570. The largest absolute Gasteiger partial charge is 0.325 e. The quantitative estimate of drug-likeness (QED) is 0.416. The third-order valence-electron chi connectivity index (χ3n) is 4.37. The van der Waals surface area contributed by atoms with Crippen LogP contribution in [0, 0.1) is 17.0 Å². The first-order valence-electron chi connectivity index (χ1n) is 9.07. The molecule has 1 amide bonds. The summed E-state index contributed by atoms with van der Waals surface area (Å²) in [5.41, 5.74) is 1.22. The van der Waals surface area contributed by atoms with Crippen molar-refractivity contribution in [2.75, 3.05) is 16.2 Å². The highest BCUT2D eigenvalue weighted by molar-refractivity contribution is 7.92. The number of anilines is 2. The van der Waals surface area contributed by atoms with Crippen LogP contribution in [0.2, 0.25) is 5.02 Å². The molecule has 10 heteroatoms. The van der Waals surface area contributed by atoms with Crippen molar-refractivity contribution in [1.82, 2.24) is 0 Å². The minimum absolute atomic E-state index is 0.188. The molecule has 0 fully saturated rings. The topological polar surface area (TPSA) is 110 Å². The van der Waals surface area contributed by atoms with Crippen LogP contribution in [-0.4, -0.2) is 25.8 Å². The Labute approximate surface area is 184 Å². The van der Waals surface area contributed by atoms with E-state index in [9.17, 15) is 23.3 Å². The molecule has 8 nitrogen and oxygen atoms in total. The lowest BCUT2D eigenvalue weighted by Crippen LogP contribution is -2.38. The SMILES string of the molecule is Cc1ccc(NC(=O)CN(c2ccccc2)S(=O)(=O)c2ccc(Cl)c([N+](=O)[O-])c2)cc1. The van der Waals surface area contributed by atoms with Crippen LogP contribution in [0.15, 0.2) is 77.7 Å². The van der Waals surface area contributed by atoms with E-state index in [0.29, 0.717) is 5.69 Å². The van der Waals surface area contributed by atoms with E-state index in [4.69, 9.17) is 11.6 Å². The fourth-order valence-corrected chi connectivity index (χ4v) is 4.43. The van der Waals surface area contributed by atoms with Crippen molar-refractivity contribution in [2.45, 2.75) is 11.8 Å². The van der Waals surface area contributed by atoms with Gasteiger partial charge in [0, 0.05) is 11.8 Å². The van der Waals surface area contributed by atoms with Gasteiger partial charge in [-0.25, -0.2) is 8.42 Å². The number of nitro benzene ring substituents is 1. The summed E-state index contributed by atoms with van der Waals surface area (Å²) in [4.78, 5) is 22.7. The number of halogens is 1. The number of aryl methyl sites for hydroxylation is 1. The zero-order valence-corrected chi connectivity index (χ0v) is 17.9. The molecule has 0 spiro atoms. The van der Waals surface area contributed by atoms with Gasteiger partial charge in [-0.05, 0) is 43.3 Å². The maximum Gasteiger partial charge on any atom is 0.289 e. The summed E-state index contributed by atoms with van der Waals surface area (Å²) in [5, 5.41) is 13.7. The molecule has 0 bridgehead atoms. The summed E-state index contributed by atoms with van der Waals surface area (Å²) in [6.45, 7) is 1.37. The van der Waals surface area contributed by atoms with Gasteiger partial charge in [0.25, 0.3) is 15.7 Å². The smallest absolute Gasteiger partial charge is 0.289 e. The molecule has 0 unspecified atom stereocenters. The number of nitrogens with one attached hydrogen (secondary N) is 1. The predicted molar refractivity (Wildman–Crippen MR) is 119 cm³/mol. The summed E-state index contributed by atoms with van der Waals surface area (Å²) in [6.07, 6.45) is 0. The average molecular weight is 460 g/mol. The van der Waals surface area contributed by atoms with Gasteiger partial charge >= 0.3 is 0 Å². The Balaban J connectivity index is 1.97. The van der Waals surface area contributed by atoms with Gasteiger partial charge < -0.3 is 5.32 Å². The van der Waals surface area contributed by atoms with E-state index < -0.39 is 33.1 Å². The Morgan fingerprint density at radius 2 is 1.71 bits per heavy atom. The zero-order chi connectivity index (χ0) is 22.6. The molecule has 0 aliphatic carbocycles. The molecule has 0 atom stereocenters. The Hall–Kier alpha value is -3.43. The standard InChI is InChI=1S/C21H18ClN3O5S/c1-15-7-9-16(10-8-15)23-21(26)14-24(17-5-3-2-4-6-17)31(29,30)18-11-12-19(22)20(13-18)25(27)28/h2-13H,14H2,1H3,(H,23,26). The lowest BCUT2D eigenvalue weighted by Gasteiger charge is -2.24. The summed E-state index contributed by atoms with van der Waals surface area (Å²) >= 11 is 5.81. The minimum atomic E-state index is -4.31. The Kier molecular flexibility index (Phi) is 6.57. The number of hydrogen-bond donors (Lipinski definition) is 1. The van der Waals surface area contributed by atoms with Crippen molar-refractivity contribution >= 4 is 44.6 Å². The molecule has 31 heavy (non-hydrogen) atoms. The highest BCUT2D eigenvalue weighted by atomic mass is 35.5. The highest BCUT2D eigenvalue weighted by Gasteiger charge is 2.29. The second kappa shape index (κ2) is 9.15. The summed E-state index contributed by atoms with van der Waals surface area (Å²) in [7, 11) is -4.31. The molecule has 3 aromatic rings. The fraction of sp³-hybridized carbons (Fsp3) is 0.0952. The monoisotopic (exact) mass is 459 g/mol. The van der Waals surface area contributed by atoms with Crippen LogP contribution in [0.25, 0.3) is 0 Å². The van der Waals surface area contributed by atoms with Crippen LogP contribution in [-0.2, 0) is 14.8 Å². The van der Waals surface area contributed by atoms with Crippen LogP contribution < -0.4 is 9.62 Å². The normalized spacial score (nSPS) is 11.0. The molecule has 0 aliphatic rings. The van der Waals surface area contributed by atoms with Crippen molar-refractivity contribution in [1.29, 1.82) is 0 Å². The van der Waals surface area contributed by atoms with E-state index in [0.717, 1.165) is 22.0 Å². The van der Waals surface area contributed by atoms with Gasteiger partial charge in [-0.3, -0.25) is 19.2 Å². The van der Waals surface area contributed by atoms with Crippen LogP contribution >= 0.6 is 11.6 Å². The molecule has 3 aromatic carbocycles. The lowest BCUT2D eigenvalue weighted by atomic mass is 10.2. The second-order valence-electron chi connectivity index (χ2n) is 6.63. The minimum Gasteiger partial charge on any atom is -0.325 e. The van der Waals surface area contributed by atoms with Gasteiger partial charge in [0.1, 0.15) is 11.6 Å². The number of nitro groups is 1. The van der Waals surface area contributed by atoms with Crippen LogP contribution in [0.4, 0.5) is 17.1 Å². The molecule has 160 valence electrons. The molecule has 1 N–H and O–H groups in total. The van der Waals surface area contributed by atoms with E-state index in [1.54, 1.807) is 30.3 Å². The first-order chi connectivity index (χ1) is 14.7. The zero-order valence-electron chi connectivity index (χ0n) is 16.4. The molecular formula is C21H18ClN3O5S. The van der Waals surface area contributed by atoms with E-state index in [1.807, 2.05) is 19.1 Å². The van der Waals surface area contributed by atoms with Crippen molar-refractivity contribution in [3.8, 4) is 0 Å². The molecule has 0 saturated heterocycles. The summed E-state index contributed by atoms with van der Waals surface area (Å²) < 4.78 is 27.6. The number of nitrogens with zero attached hydrogens (tertiary/aromatic N) is 2. The van der Waals surface area contributed by atoms with Crippen molar-refractivity contribution in [3.05, 3.63) is 93.5 Å². The Morgan fingerprint density at radius 3 is 2.32 bits per heavy atom. The first kappa shape index (κ1) is 22.3. The number of para-hydroxylation sites is 1. The van der Waals surface area contributed by atoms with Crippen LogP contribution in [0.5, 0.6) is 0 Å². The van der Waals surface area contributed by atoms with Crippen LogP contribution in [0.1, 0.15) is 5.56 Å². The van der Waals surface area contributed by atoms with E-state index in [2.05, 4.69) is 5.32 Å². The van der Waals surface area contributed by atoms with E-state index >= 15 is 0 Å². The molecular weight excluding hydrogens is 442 g/mol. The maximum atomic E-state index is 13.3. The van der Waals surface area contributed by atoms with Crippen molar-refractivity contribution < 1.29 is 18.1 Å². The summed E-state index contributed by atoms with van der Waals surface area (Å²) in [6, 6.07) is 18.2. The van der Waals surface area contributed by atoms with Gasteiger partial charge in [0.05, 0.1) is 15.5 Å². The molecule has 0 aromatic heterocycles. The molecule has 3 rings (SSSR count). The molecule has 0 saturated carbocycles. The van der Waals surface area contributed by atoms with E-state index in [1.165, 1.54) is 18.2 Å². The Morgan fingerprint density at radius 1 is 1.06 bits per heavy atom. The lowest BCUT2D eigenvalue weighted by molar-refractivity contribution is -0.384. The van der Waals surface area contributed by atoms with Crippen LogP contribution in [0.3, 0.4) is 0 Å². The Bertz CT molecular complexity index is 1220. The highest BCUT2D eigenvalue weighted by Crippen LogP contribution is 2.30. The average Bonchev–Trinajstić information content (AvgIpc) is 2.74. The molecule has 0 aliphatic heterocycles. The van der Waals surface area contributed by atoms with E-state index in [-0.39, 0.29) is 15.6 Å². The number of sulfonamides is 1. The van der Waals surface area contributed by atoms with Gasteiger partial charge in [0.2, 0.25) is 5.91 Å². The second-order valence-corrected chi connectivity index (χ2v) is 8.90. The molecule has 0 heterocycles. The first-order valence-corrected chi connectivity index (χ1v) is 10.9. The number of rotatable bonds is 7. The van der Waals surface area contributed by atoms with Gasteiger partial charge in [-0.15, -0.1) is 0 Å². The predicted octanol–water partition coefficient (Wildman–Crippen LogP) is 4.39. The fourth-order valence-electron chi connectivity index (χ4n) is 2.80. The maximum absolute atomic E-state index is 13.3. The number of carbonyl (C=O) groups is 1. The third-order valence-corrected chi connectivity index (χ3v) is 6.46. The number of hydrogen-bond acceptors (Lipinski definition) is 5. The van der Waals surface area contributed by atoms with Crippen molar-refractivity contribution in [2.24, 2.45) is 0 Å². The van der Waals surface area contributed by atoms with Gasteiger partial charge in [0.15, 0.2) is 0 Å². The molecule has 0 radical (unpaired) electrons. The van der Waals surface area contributed by atoms with Gasteiger partial charge in [-0.2, -0.15) is 0 Å². The van der Waals surface area contributed by atoms with Gasteiger partial charge in [-0.1, -0.05) is 47.5 Å². The number of carbonyl (C=O) groups excluding carboxylic acids is 1. The number of amides is 1.